The highest BCUT2D eigenvalue weighted by molar-refractivity contribution is 7.12. The summed E-state index contributed by atoms with van der Waals surface area (Å²) in [4.78, 5) is 40.9. The lowest BCUT2D eigenvalue weighted by atomic mass is 9.88. The molecule has 1 saturated heterocycles. The Hall–Kier alpha value is -2.67. The van der Waals surface area contributed by atoms with Crippen LogP contribution in [0.5, 0.6) is 0 Å². The number of hydrogen-bond donors (Lipinski definition) is 2. The van der Waals surface area contributed by atoms with Crippen LogP contribution < -0.4 is 10.6 Å². The van der Waals surface area contributed by atoms with Gasteiger partial charge in [0.2, 0.25) is 5.91 Å². The molecule has 2 atom stereocenters. The zero-order chi connectivity index (χ0) is 22.5. The third-order valence-corrected chi connectivity index (χ3v) is 7.54. The zero-order valence-corrected chi connectivity index (χ0v) is 19.3. The number of hydrogen-bond acceptors (Lipinski definition) is 4. The number of thiophene rings is 1. The van der Waals surface area contributed by atoms with E-state index in [1.807, 2.05) is 53.6 Å². The molecule has 0 unspecified atom stereocenters. The van der Waals surface area contributed by atoms with Crippen molar-refractivity contribution < 1.29 is 14.4 Å². The van der Waals surface area contributed by atoms with Gasteiger partial charge in [-0.1, -0.05) is 37.1 Å². The Bertz CT molecular complexity index is 951. The number of amides is 3. The molecule has 32 heavy (non-hydrogen) atoms. The van der Waals surface area contributed by atoms with E-state index in [9.17, 15) is 14.4 Å². The van der Waals surface area contributed by atoms with Gasteiger partial charge < -0.3 is 15.5 Å². The van der Waals surface area contributed by atoms with Gasteiger partial charge >= 0.3 is 0 Å². The second-order valence-electron chi connectivity index (χ2n) is 8.84. The fraction of sp³-hybridized carbons (Fsp3) is 0.480. The molecule has 2 aromatic rings. The van der Waals surface area contributed by atoms with E-state index in [1.165, 1.54) is 11.3 Å². The Balaban J connectivity index is 1.31. The maximum Gasteiger partial charge on any atom is 0.263 e. The molecule has 6 nitrogen and oxygen atoms in total. The van der Waals surface area contributed by atoms with E-state index in [0.29, 0.717) is 31.5 Å². The van der Waals surface area contributed by atoms with Crippen molar-refractivity contribution >= 4 is 29.1 Å². The maximum absolute atomic E-state index is 13.0. The molecular formula is C25H31N3O3S. The second kappa shape index (κ2) is 10.3. The molecule has 0 spiro atoms. The highest BCUT2D eigenvalue weighted by Crippen LogP contribution is 2.24. The van der Waals surface area contributed by atoms with Gasteiger partial charge in [0.15, 0.2) is 0 Å². The van der Waals surface area contributed by atoms with Crippen LogP contribution in [0.4, 0.5) is 0 Å². The molecule has 1 aliphatic carbocycles. The van der Waals surface area contributed by atoms with Gasteiger partial charge in [0, 0.05) is 36.7 Å². The largest absolute Gasteiger partial charge is 0.351 e. The van der Waals surface area contributed by atoms with Gasteiger partial charge in [-0.2, -0.15) is 0 Å². The zero-order valence-electron chi connectivity index (χ0n) is 18.5. The second-order valence-corrected chi connectivity index (χ2v) is 9.79. The molecule has 1 saturated carbocycles. The number of nitrogens with one attached hydrogen (secondary N) is 2. The van der Waals surface area contributed by atoms with Crippen molar-refractivity contribution in [3.63, 3.8) is 0 Å². The summed E-state index contributed by atoms with van der Waals surface area (Å²) < 4.78 is 0. The molecule has 2 aliphatic rings. The fourth-order valence-electron chi connectivity index (χ4n) is 4.75. The molecule has 1 aromatic carbocycles. The quantitative estimate of drug-likeness (QED) is 0.723. The van der Waals surface area contributed by atoms with Crippen LogP contribution in [0.25, 0.3) is 0 Å². The highest BCUT2D eigenvalue weighted by Gasteiger charge is 2.33. The molecule has 7 heteroatoms. The van der Waals surface area contributed by atoms with Gasteiger partial charge in [-0.15, -0.1) is 11.3 Å². The molecule has 4 rings (SSSR count). The van der Waals surface area contributed by atoms with Crippen molar-refractivity contribution in [1.29, 1.82) is 0 Å². The minimum atomic E-state index is -0.0861. The molecule has 2 N–H and O–H groups in total. The first-order chi connectivity index (χ1) is 15.5. The van der Waals surface area contributed by atoms with E-state index in [2.05, 4.69) is 10.6 Å². The molecule has 1 aliphatic heterocycles. The van der Waals surface area contributed by atoms with Crippen LogP contribution in [-0.2, 0) is 4.79 Å². The fourth-order valence-corrected chi connectivity index (χ4v) is 5.44. The Labute approximate surface area is 193 Å². The average molecular weight is 454 g/mol. The third kappa shape index (κ3) is 5.21. The molecule has 0 bridgehead atoms. The monoisotopic (exact) mass is 453 g/mol. The summed E-state index contributed by atoms with van der Waals surface area (Å²) in [5, 5.41) is 8.30. The lowest BCUT2D eigenvalue weighted by molar-refractivity contribution is -0.127. The number of likely N-dealkylation sites (tertiary alicyclic amines) is 1. The summed E-state index contributed by atoms with van der Waals surface area (Å²) in [6.45, 7) is 3.14. The van der Waals surface area contributed by atoms with Crippen molar-refractivity contribution in [1.82, 2.24) is 15.5 Å². The topological polar surface area (TPSA) is 78.5 Å². The number of rotatable bonds is 5. The van der Waals surface area contributed by atoms with E-state index in [4.69, 9.17) is 0 Å². The van der Waals surface area contributed by atoms with Gasteiger partial charge in [0.05, 0.1) is 4.88 Å². The standard InChI is InChI=1S/C25H31N3O3S/c1-17-7-2-3-8-19(17)24(30)27-21-10-5-4-9-20(21)26-23(29)18-12-14-28(15-13-18)25(31)22-11-6-16-32-22/h2-3,6-8,11,16,18,20-21H,4-5,9-10,12-15H2,1H3,(H,26,29)(H,27,30)/t20-,21-/m1/s1. The van der Waals surface area contributed by atoms with E-state index in [0.717, 1.165) is 36.1 Å². The summed E-state index contributed by atoms with van der Waals surface area (Å²) in [6.07, 6.45) is 5.20. The Morgan fingerprint density at radius 1 is 0.906 bits per heavy atom. The van der Waals surface area contributed by atoms with Crippen molar-refractivity contribution in [2.45, 2.75) is 57.5 Å². The predicted octanol–water partition coefficient (Wildman–Crippen LogP) is 3.77. The minimum Gasteiger partial charge on any atom is -0.351 e. The van der Waals surface area contributed by atoms with E-state index in [1.54, 1.807) is 0 Å². The molecule has 2 fully saturated rings. The van der Waals surface area contributed by atoms with Gasteiger partial charge in [0.25, 0.3) is 11.8 Å². The Kier molecular flexibility index (Phi) is 7.25. The van der Waals surface area contributed by atoms with Crippen LogP contribution in [0.15, 0.2) is 41.8 Å². The molecule has 1 aromatic heterocycles. The first-order valence-corrected chi connectivity index (χ1v) is 12.4. The van der Waals surface area contributed by atoms with Crippen LogP contribution in [0.2, 0.25) is 0 Å². The van der Waals surface area contributed by atoms with Crippen molar-refractivity contribution in [3.05, 3.63) is 57.8 Å². The van der Waals surface area contributed by atoms with Crippen molar-refractivity contribution in [2.24, 2.45) is 5.92 Å². The van der Waals surface area contributed by atoms with Crippen LogP contribution >= 0.6 is 11.3 Å². The summed E-state index contributed by atoms with van der Waals surface area (Å²) in [5.74, 6) is -0.0490. The maximum atomic E-state index is 13.0. The van der Waals surface area contributed by atoms with Crippen LogP contribution in [0.1, 0.15) is 64.1 Å². The van der Waals surface area contributed by atoms with Gasteiger partial charge in [-0.25, -0.2) is 0 Å². The lowest BCUT2D eigenvalue weighted by Crippen LogP contribution is -2.55. The number of carbonyl (C=O) groups excluding carboxylic acids is 3. The third-order valence-electron chi connectivity index (χ3n) is 6.68. The summed E-state index contributed by atoms with van der Waals surface area (Å²) in [5.41, 5.74) is 1.64. The van der Waals surface area contributed by atoms with Crippen molar-refractivity contribution in [2.75, 3.05) is 13.1 Å². The van der Waals surface area contributed by atoms with Gasteiger partial charge in [-0.05, 0) is 55.7 Å². The molecule has 2 heterocycles. The average Bonchev–Trinajstić information content (AvgIpc) is 3.35. The molecule has 3 amide bonds. The Morgan fingerprint density at radius 3 is 2.25 bits per heavy atom. The smallest absolute Gasteiger partial charge is 0.263 e. The summed E-state index contributed by atoms with van der Waals surface area (Å²) in [6, 6.07) is 11.2. The number of nitrogens with zero attached hydrogens (tertiary/aromatic N) is 1. The highest BCUT2D eigenvalue weighted by atomic mass is 32.1. The van der Waals surface area contributed by atoms with E-state index < -0.39 is 0 Å². The van der Waals surface area contributed by atoms with Crippen LogP contribution in [0.3, 0.4) is 0 Å². The first-order valence-electron chi connectivity index (χ1n) is 11.5. The molecular weight excluding hydrogens is 422 g/mol. The summed E-state index contributed by atoms with van der Waals surface area (Å²) in [7, 11) is 0. The number of carbonyl (C=O) groups is 3. The number of aryl methyl sites for hydroxylation is 1. The molecule has 0 radical (unpaired) electrons. The van der Waals surface area contributed by atoms with Crippen molar-refractivity contribution in [3.8, 4) is 0 Å². The Morgan fingerprint density at radius 2 is 1.59 bits per heavy atom. The van der Waals surface area contributed by atoms with Gasteiger partial charge in [-0.3, -0.25) is 14.4 Å². The minimum absolute atomic E-state index is 0.0463. The van der Waals surface area contributed by atoms with E-state index in [-0.39, 0.29) is 35.7 Å². The van der Waals surface area contributed by atoms with Gasteiger partial charge in [0.1, 0.15) is 0 Å². The molecule has 170 valence electrons. The lowest BCUT2D eigenvalue weighted by Gasteiger charge is -2.36. The summed E-state index contributed by atoms with van der Waals surface area (Å²) >= 11 is 1.45. The van der Waals surface area contributed by atoms with Crippen LogP contribution in [-0.4, -0.2) is 47.8 Å². The van der Waals surface area contributed by atoms with E-state index >= 15 is 0 Å². The first kappa shape index (κ1) is 22.5. The normalized spacial score (nSPS) is 21.7. The number of piperidine rings is 1. The SMILES string of the molecule is Cc1ccccc1C(=O)N[C@@H]1CCCC[C@H]1NC(=O)C1CCN(C(=O)c2cccs2)CC1. The number of benzene rings is 1. The predicted molar refractivity (Wildman–Crippen MR) is 126 cm³/mol. The van der Waals surface area contributed by atoms with Crippen LogP contribution in [0, 0.1) is 12.8 Å².